The van der Waals surface area contributed by atoms with Gasteiger partial charge in [0.1, 0.15) is 0 Å². The highest BCUT2D eigenvalue weighted by Gasteiger charge is 2.13. The Kier molecular flexibility index (Phi) is 5.40. The zero-order valence-electron chi connectivity index (χ0n) is 12.4. The van der Waals surface area contributed by atoms with Crippen LogP contribution in [0.2, 0.25) is 5.02 Å². The predicted octanol–water partition coefficient (Wildman–Crippen LogP) is 5.11. The molecule has 0 aliphatic heterocycles. The highest BCUT2D eigenvalue weighted by Crippen LogP contribution is 2.17. The van der Waals surface area contributed by atoms with Crippen LogP contribution in [0.1, 0.15) is 35.7 Å². The second kappa shape index (κ2) is 7.28. The molecule has 0 aliphatic carbocycles. The lowest BCUT2D eigenvalue weighted by Gasteiger charge is -2.17. The number of rotatable bonds is 6. The van der Waals surface area contributed by atoms with E-state index in [1.165, 1.54) is 0 Å². The Bertz CT molecular complexity index is 590. The Morgan fingerprint density at radius 2 is 1.71 bits per heavy atom. The van der Waals surface area contributed by atoms with E-state index in [0.29, 0.717) is 11.4 Å². The van der Waals surface area contributed by atoms with Gasteiger partial charge in [0.05, 0.1) is 0 Å². The fraction of sp³-hybridized carbons (Fsp3) is 0.278. The number of benzene rings is 2. The summed E-state index contributed by atoms with van der Waals surface area (Å²) in [5, 5.41) is 4.10. The molecule has 110 valence electrons. The third kappa shape index (κ3) is 4.61. The second-order valence-corrected chi connectivity index (χ2v) is 5.69. The molecule has 0 spiro atoms. The molecule has 0 heterocycles. The van der Waals surface area contributed by atoms with Gasteiger partial charge >= 0.3 is 0 Å². The second-order valence-electron chi connectivity index (χ2n) is 5.25. The van der Waals surface area contributed by atoms with Crippen molar-refractivity contribution in [1.82, 2.24) is 0 Å². The molecule has 0 saturated heterocycles. The van der Waals surface area contributed by atoms with Crippen LogP contribution in [0.4, 0.5) is 5.69 Å². The average Bonchev–Trinajstić information content (AvgIpc) is 2.49. The van der Waals surface area contributed by atoms with Gasteiger partial charge < -0.3 is 5.32 Å². The minimum atomic E-state index is 0.125. The third-order valence-electron chi connectivity index (χ3n) is 3.51. The standard InChI is InChI=1S/C18H20ClNO/c1-3-16(20-17-10-8-15(19)9-11-17)12-18(21)14-6-4-13(2)5-7-14/h4-11,16,20H,3,12H2,1-2H3. The quantitative estimate of drug-likeness (QED) is 0.751. The summed E-state index contributed by atoms with van der Waals surface area (Å²) < 4.78 is 0. The maximum atomic E-state index is 12.3. The van der Waals surface area contributed by atoms with Crippen molar-refractivity contribution in [1.29, 1.82) is 0 Å². The van der Waals surface area contributed by atoms with Gasteiger partial charge in [-0.25, -0.2) is 0 Å². The molecule has 21 heavy (non-hydrogen) atoms. The van der Waals surface area contributed by atoms with Crippen molar-refractivity contribution in [3.63, 3.8) is 0 Å². The Hall–Kier alpha value is -1.80. The van der Waals surface area contributed by atoms with E-state index in [-0.39, 0.29) is 11.8 Å². The lowest BCUT2D eigenvalue weighted by molar-refractivity contribution is 0.0976. The Balaban J connectivity index is 1.99. The zero-order chi connectivity index (χ0) is 15.2. The van der Waals surface area contributed by atoms with Crippen LogP contribution in [0.5, 0.6) is 0 Å². The van der Waals surface area contributed by atoms with Crippen LogP contribution in [0.25, 0.3) is 0 Å². The Morgan fingerprint density at radius 1 is 1.10 bits per heavy atom. The largest absolute Gasteiger partial charge is 0.382 e. The molecule has 1 N–H and O–H groups in total. The summed E-state index contributed by atoms with van der Waals surface area (Å²) in [5.74, 6) is 0.170. The monoisotopic (exact) mass is 301 g/mol. The topological polar surface area (TPSA) is 29.1 Å². The molecule has 0 radical (unpaired) electrons. The first kappa shape index (κ1) is 15.6. The van der Waals surface area contributed by atoms with Crippen LogP contribution in [0, 0.1) is 6.92 Å². The highest BCUT2D eigenvalue weighted by molar-refractivity contribution is 6.30. The molecule has 1 unspecified atom stereocenters. The van der Waals surface area contributed by atoms with E-state index >= 15 is 0 Å². The van der Waals surface area contributed by atoms with Crippen molar-refractivity contribution in [3.8, 4) is 0 Å². The van der Waals surface area contributed by atoms with Crippen LogP contribution >= 0.6 is 11.6 Å². The molecular weight excluding hydrogens is 282 g/mol. The molecule has 2 nitrogen and oxygen atoms in total. The van der Waals surface area contributed by atoms with Gasteiger partial charge in [-0.1, -0.05) is 48.4 Å². The van der Waals surface area contributed by atoms with Crippen molar-refractivity contribution in [2.24, 2.45) is 0 Å². The van der Waals surface area contributed by atoms with Crippen molar-refractivity contribution < 1.29 is 4.79 Å². The van der Waals surface area contributed by atoms with E-state index in [0.717, 1.165) is 23.2 Å². The van der Waals surface area contributed by atoms with Gasteiger partial charge in [-0.15, -0.1) is 0 Å². The summed E-state index contributed by atoms with van der Waals surface area (Å²) in [4.78, 5) is 12.3. The minimum Gasteiger partial charge on any atom is -0.382 e. The molecule has 0 aromatic heterocycles. The minimum absolute atomic E-state index is 0.125. The van der Waals surface area contributed by atoms with Crippen LogP contribution in [-0.4, -0.2) is 11.8 Å². The molecule has 0 saturated carbocycles. The number of aryl methyl sites for hydroxylation is 1. The molecule has 0 aliphatic rings. The molecular formula is C18H20ClNO. The highest BCUT2D eigenvalue weighted by atomic mass is 35.5. The first-order valence-corrected chi connectivity index (χ1v) is 7.58. The van der Waals surface area contributed by atoms with E-state index in [9.17, 15) is 4.79 Å². The summed E-state index contributed by atoms with van der Waals surface area (Å²) in [5.41, 5.74) is 2.93. The third-order valence-corrected chi connectivity index (χ3v) is 3.77. The van der Waals surface area contributed by atoms with Crippen molar-refractivity contribution >= 4 is 23.1 Å². The van der Waals surface area contributed by atoms with Gasteiger partial charge in [-0.2, -0.15) is 0 Å². The Morgan fingerprint density at radius 3 is 2.29 bits per heavy atom. The molecule has 0 fully saturated rings. The lowest BCUT2D eigenvalue weighted by Crippen LogP contribution is -2.22. The van der Waals surface area contributed by atoms with E-state index in [4.69, 9.17) is 11.6 Å². The fourth-order valence-electron chi connectivity index (χ4n) is 2.16. The summed E-state index contributed by atoms with van der Waals surface area (Å²) in [6.07, 6.45) is 1.38. The maximum Gasteiger partial charge on any atom is 0.164 e. The van der Waals surface area contributed by atoms with Crippen LogP contribution in [-0.2, 0) is 0 Å². The summed E-state index contributed by atoms with van der Waals surface area (Å²) in [7, 11) is 0. The van der Waals surface area contributed by atoms with Gasteiger partial charge in [0, 0.05) is 28.7 Å². The number of hydrogen-bond acceptors (Lipinski definition) is 2. The van der Waals surface area contributed by atoms with Gasteiger partial charge in [-0.05, 0) is 37.6 Å². The number of carbonyl (C=O) groups excluding carboxylic acids is 1. The molecule has 2 rings (SSSR count). The summed E-state index contributed by atoms with van der Waals surface area (Å²) >= 11 is 5.88. The van der Waals surface area contributed by atoms with Gasteiger partial charge in [0.15, 0.2) is 5.78 Å². The van der Waals surface area contributed by atoms with Gasteiger partial charge in [0.2, 0.25) is 0 Å². The maximum absolute atomic E-state index is 12.3. The normalized spacial score (nSPS) is 12.0. The lowest BCUT2D eigenvalue weighted by atomic mass is 10.0. The van der Waals surface area contributed by atoms with Gasteiger partial charge in [-0.3, -0.25) is 4.79 Å². The number of anilines is 1. The molecule has 2 aromatic rings. The molecule has 0 bridgehead atoms. The molecule has 3 heteroatoms. The zero-order valence-corrected chi connectivity index (χ0v) is 13.2. The number of nitrogens with one attached hydrogen (secondary N) is 1. The SMILES string of the molecule is CCC(CC(=O)c1ccc(C)cc1)Nc1ccc(Cl)cc1. The first-order chi connectivity index (χ1) is 10.1. The summed E-state index contributed by atoms with van der Waals surface area (Å²) in [6.45, 7) is 4.10. The van der Waals surface area contributed by atoms with E-state index in [1.807, 2.05) is 55.5 Å². The number of hydrogen-bond donors (Lipinski definition) is 1. The predicted molar refractivity (Wildman–Crippen MR) is 89.3 cm³/mol. The molecule has 2 aromatic carbocycles. The smallest absolute Gasteiger partial charge is 0.164 e. The van der Waals surface area contributed by atoms with Crippen molar-refractivity contribution in [2.75, 3.05) is 5.32 Å². The number of Topliss-reactive ketones (excluding diaryl/α,β-unsaturated/α-hetero) is 1. The van der Waals surface area contributed by atoms with Crippen LogP contribution in [0.3, 0.4) is 0 Å². The van der Waals surface area contributed by atoms with Crippen molar-refractivity contribution in [2.45, 2.75) is 32.7 Å². The average molecular weight is 302 g/mol. The van der Waals surface area contributed by atoms with E-state index in [2.05, 4.69) is 12.2 Å². The summed E-state index contributed by atoms with van der Waals surface area (Å²) in [6, 6.07) is 15.4. The Labute approximate surface area is 131 Å². The number of halogens is 1. The van der Waals surface area contributed by atoms with Crippen LogP contribution in [0.15, 0.2) is 48.5 Å². The van der Waals surface area contributed by atoms with Gasteiger partial charge in [0.25, 0.3) is 0 Å². The first-order valence-electron chi connectivity index (χ1n) is 7.20. The fourth-order valence-corrected chi connectivity index (χ4v) is 2.29. The van der Waals surface area contributed by atoms with Crippen LogP contribution < -0.4 is 5.32 Å². The number of ketones is 1. The molecule has 1 atom stereocenters. The van der Waals surface area contributed by atoms with E-state index < -0.39 is 0 Å². The number of carbonyl (C=O) groups is 1. The van der Waals surface area contributed by atoms with E-state index in [1.54, 1.807) is 0 Å². The van der Waals surface area contributed by atoms with Crippen molar-refractivity contribution in [3.05, 3.63) is 64.7 Å². The molecule has 0 amide bonds.